The number of aryl methyl sites for hydroxylation is 1. The van der Waals surface area contributed by atoms with Gasteiger partial charge < -0.3 is 10.1 Å². The van der Waals surface area contributed by atoms with Gasteiger partial charge in [0.05, 0.1) is 24.4 Å². The zero-order valence-electron chi connectivity index (χ0n) is 10.4. The monoisotopic (exact) mass is 266 g/mol. The Kier molecular flexibility index (Phi) is 4.04. The zero-order chi connectivity index (χ0) is 13.0. The maximum absolute atomic E-state index is 6.11. The molecule has 1 aromatic heterocycles. The van der Waals surface area contributed by atoms with Crippen molar-refractivity contribution in [2.45, 2.75) is 20.0 Å². The Bertz CT molecular complexity index is 527. The highest BCUT2D eigenvalue weighted by Crippen LogP contribution is 2.26. The number of ether oxygens (including phenoxy) is 1. The van der Waals surface area contributed by atoms with Crippen molar-refractivity contribution in [3.63, 3.8) is 0 Å². The second kappa shape index (κ2) is 5.73. The van der Waals surface area contributed by atoms with Crippen LogP contribution < -0.4 is 10.1 Å². The smallest absolute Gasteiger partial charge is 0.146 e. The van der Waals surface area contributed by atoms with Gasteiger partial charge in [0.15, 0.2) is 0 Å². The second-order valence-corrected chi connectivity index (χ2v) is 4.10. The molecule has 0 aliphatic carbocycles. The molecule has 18 heavy (non-hydrogen) atoms. The largest absolute Gasteiger partial charge is 0.497 e. The first kappa shape index (κ1) is 12.7. The van der Waals surface area contributed by atoms with Crippen molar-refractivity contribution in [3.05, 3.63) is 35.4 Å². The van der Waals surface area contributed by atoms with Crippen molar-refractivity contribution in [1.82, 2.24) is 14.8 Å². The summed E-state index contributed by atoms with van der Waals surface area (Å²) >= 11 is 6.11. The lowest BCUT2D eigenvalue weighted by atomic mass is 10.3. The van der Waals surface area contributed by atoms with E-state index >= 15 is 0 Å². The minimum atomic E-state index is 0.570. The number of halogens is 1. The maximum Gasteiger partial charge on any atom is 0.146 e. The number of aromatic nitrogens is 3. The summed E-state index contributed by atoms with van der Waals surface area (Å²) in [6.45, 7) is 3.39. The predicted molar refractivity (Wildman–Crippen MR) is 71.0 cm³/mol. The van der Waals surface area contributed by atoms with Crippen LogP contribution >= 0.6 is 11.6 Å². The molecule has 2 rings (SSSR count). The molecule has 0 aliphatic rings. The van der Waals surface area contributed by atoms with E-state index in [1.54, 1.807) is 19.5 Å². The molecule has 0 saturated carbocycles. The van der Waals surface area contributed by atoms with Crippen molar-refractivity contribution in [2.75, 3.05) is 12.4 Å². The fourth-order valence-electron chi connectivity index (χ4n) is 1.63. The Morgan fingerprint density at radius 1 is 1.44 bits per heavy atom. The number of nitrogens with zero attached hydrogens (tertiary/aromatic N) is 3. The summed E-state index contributed by atoms with van der Waals surface area (Å²) in [5, 5.41) is 7.99. The van der Waals surface area contributed by atoms with Gasteiger partial charge in [-0.2, -0.15) is 5.10 Å². The molecule has 0 unspecified atom stereocenters. The zero-order valence-corrected chi connectivity index (χ0v) is 11.1. The Morgan fingerprint density at radius 3 is 3.00 bits per heavy atom. The van der Waals surface area contributed by atoms with E-state index in [0.29, 0.717) is 11.6 Å². The molecular weight excluding hydrogens is 252 g/mol. The van der Waals surface area contributed by atoms with Gasteiger partial charge >= 0.3 is 0 Å². The van der Waals surface area contributed by atoms with Gasteiger partial charge in [-0.25, -0.2) is 9.67 Å². The Balaban J connectivity index is 2.10. The van der Waals surface area contributed by atoms with Crippen molar-refractivity contribution in [1.29, 1.82) is 0 Å². The van der Waals surface area contributed by atoms with Crippen LogP contribution in [0.15, 0.2) is 24.5 Å². The molecular formula is C12H15ClN4O. The molecule has 1 heterocycles. The van der Waals surface area contributed by atoms with Crippen molar-refractivity contribution >= 4 is 17.3 Å². The van der Waals surface area contributed by atoms with Gasteiger partial charge in [-0.3, -0.25) is 0 Å². The van der Waals surface area contributed by atoms with Crippen LogP contribution in [0.1, 0.15) is 12.7 Å². The fourth-order valence-corrected chi connectivity index (χ4v) is 1.81. The maximum atomic E-state index is 6.11. The summed E-state index contributed by atoms with van der Waals surface area (Å²) in [6.07, 6.45) is 1.55. The lowest BCUT2D eigenvalue weighted by molar-refractivity contribution is 0.415. The third kappa shape index (κ3) is 2.73. The van der Waals surface area contributed by atoms with E-state index in [-0.39, 0.29) is 0 Å². The highest BCUT2D eigenvalue weighted by molar-refractivity contribution is 6.33. The topological polar surface area (TPSA) is 52.0 Å². The van der Waals surface area contributed by atoms with Gasteiger partial charge in [0.25, 0.3) is 0 Å². The number of nitrogens with one attached hydrogen (secondary N) is 1. The first-order valence-electron chi connectivity index (χ1n) is 5.68. The SMILES string of the molecule is CCn1ncnc1CNc1cc(OC)ccc1Cl. The first-order valence-corrected chi connectivity index (χ1v) is 6.06. The standard InChI is InChI=1S/C12H15ClN4O/c1-3-17-12(15-8-16-17)7-14-11-6-9(18-2)4-5-10(11)13/h4-6,8,14H,3,7H2,1-2H3. The van der Waals surface area contributed by atoms with Crippen LogP contribution in [0.5, 0.6) is 5.75 Å². The van der Waals surface area contributed by atoms with Crippen LogP contribution in [0.3, 0.4) is 0 Å². The van der Waals surface area contributed by atoms with Gasteiger partial charge in [-0.05, 0) is 19.1 Å². The lowest BCUT2D eigenvalue weighted by Gasteiger charge is -2.10. The highest BCUT2D eigenvalue weighted by Gasteiger charge is 2.05. The summed E-state index contributed by atoms with van der Waals surface area (Å²) in [5.41, 5.74) is 0.821. The minimum absolute atomic E-state index is 0.570. The number of hydrogen-bond acceptors (Lipinski definition) is 4. The number of anilines is 1. The van der Waals surface area contributed by atoms with E-state index in [2.05, 4.69) is 15.4 Å². The summed E-state index contributed by atoms with van der Waals surface area (Å²) in [5.74, 6) is 1.63. The molecule has 0 atom stereocenters. The summed E-state index contributed by atoms with van der Waals surface area (Å²) < 4.78 is 6.99. The van der Waals surface area contributed by atoms with Crippen LogP contribution in [0.25, 0.3) is 0 Å². The molecule has 0 bridgehead atoms. The van der Waals surface area contributed by atoms with Gasteiger partial charge in [-0.1, -0.05) is 11.6 Å². The van der Waals surface area contributed by atoms with Crippen molar-refractivity contribution < 1.29 is 4.74 Å². The number of methoxy groups -OCH3 is 1. The quantitative estimate of drug-likeness (QED) is 0.904. The average Bonchev–Trinajstić information content (AvgIpc) is 2.85. The third-order valence-electron chi connectivity index (χ3n) is 2.61. The van der Waals surface area contributed by atoms with Gasteiger partial charge in [0, 0.05) is 12.6 Å². The molecule has 0 aliphatic heterocycles. The molecule has 0 radical (unpaired) electrons. The van der Waals surface area contributed by atoms with E-state index in [4.69, 9.17) is 16.3 Å². The van der Waals surface area contributed by atoms with Crippen LogP contribution in [0, 0.1) is 0 Å². The van der Waals surface area contributed by atoms with Crippen molar-refractivity contribution in [2.24, 2.45) is 0 Å². The third-order valence-corrected chi connectivity index (χ3v) is 2.94. The van der Waals surface area contributed by atoms with Crippen molar-refractivity contribution in [3.8, 4) is 5.75 Å². The molecule has 2 aromatic rings. The molecule has 96 valence electrons. The minimum Gasteiger partial charge on any atom is -0.497 e. The number of hydrogen-bond donors (Lipinski definition) is 1. The Morgan fingerprint density at radius 2 is 2.28 bits per heavy atom. The summed E-state index contributed by atoms with van der Waals surface area (Å²) in [6, 6.07) is 5.48. The highest BCUT2D eigenvalue weighted by atomic mass is 35.5. The van der Waals surface area contributed by atoms with Crippen LogP contribution in [-0.4, -0.2) is 21.9 Å². The Labute approximate surface area is 111 Å². The van der Waals surface area contributed by atoms with Crippen LogP contribution in [0.4, 0.5) is 5.69 Å². The molecule has 0 fully saturated rings. The number of rotatable bonds is 5. The Hall–Kier alpha value is -1.75. The first-order chi connectivity index (χ1) is 8.74. The normalized spacial score (nSPS) is 10.4. The van der Waals surface area contributed by atoms with E-state index < -0.39 is 0 Å². The van der Waals surface area contributed by atoms with E-state index in [0.717, 1.165) is 23.8 Å². The molecule has 6 heteroatoms. The molecule has 0 saturated heterocycles. The van der Waals surface area contributed by atoms with E-state index in [9.17, 15) is 0 Å². The lowest BCUT2D eigenvalue weighted by Crippen LogP contribution is -2.09. The van der Waals surface area contributed by atoms with Gasteiger partial charge in [0.2, 0.25) is 0 Å². The average molecular weight is 267 g/mol. The predicted octanol–water partition coefficient (Wildman–Crippen LogP) is 2.57. The molecule has 0 amide bonds. The van der Waals surface area contributed by atoms with Gasteiger partial charge in [-0.15, -0.1) is 0 Å². The molecule has 1 N–H and O–H groups in total. The molecule has 5 nitrogen and oxygen atoms in total. The van der Waals surface area contributed by atoms with Gasteiger partial charge in [0.1, 0.15) is 17.9 Å². The molecule has 0 spiro atoms. The summed E-state index contributed by atoms with van der Waals surface area (Å²) in [7, 11) is 1.63. The van der Waals surface area contributed by atoms with Crippen LogP contribution in [-0.2, 0) is 13.1 Å². The second-order valence-electron chi connectivity index (χ2n) is 3.69. The fraction of sp³-hybridized carbons (Fsp3) is 0.333. The van der Waals surface area contributed by atoms with E-state index in [1.165, 1.54) is 0 Å². The molecule has 1 aromatic carbocycles. The summed E-state index contributed by atoms with van der Waals surface area (Å²) in [4.78, 5) is 4.19. The van der Waals surface area contributed by atoms with Crippen LogP contribution in [0.2, 0.25) is 5.02 Å². The van der Waals surface area contributed by atoms with E-state index in [1.807, 2.05) is 23.7 Å². The number of benzene rings is 1.